The van der Waals surface area contributed by atoms with Crippen molar-refractivity contribution < 1.29 is 0 Å². The fourth-order valence-electron chi connectivity index (χ4n) is 3.25. The molecule has 112 valence electrons. The summed E-state index contributed by atoms with van der Waals surface area (Å²) in [5, 5.41) is 3.52. The van der Waals surface area contributed by atoms with Gasteiger partial charge in [0.2, 0.25) is 0 Å². The Morgan fingerprint density at radius 1 is 1.19 bits per heavy atom. The molecule has 0 bridgehead atoms. The molecule has 3 heteroatoms. The number of hydrogen-bond donors (Lipinski definition) is 2. The first-order chi connectivity index (χ1) is 10.1. The Kier molecular flexibility index (Phi) is 4.13. The summed E-state index contributed by atoms with van der Waals surface area (Å²) in [5.74, 6) is 0.587. The number of fused-ring (bicyclic) bond motifs is 1. The Morgan fingerprint density at radius 2 is 1.95 bits per heavy atom. The zero-order chi connectivity index (χ0) is 14.8. The van der Waals surface area contributed by atoms with Crippen molar-refractivity contribution in [2.75, 3.05) is 13.6 Å². The van der Waals surface area contributed by atoms with E-state index in [0.29, 0.717) is 12.0 Å². The van der Waals surface area contributed by atoms with Crippen molar-refractivity contribution in [1.82, 2.24) is 15.2 Å². The van der Waals surface area contributed by atoms with Gasteiger partial charge in [-0.25, -0.2) is 0 Å². The first-order valence-electron chi connectivity index (χ1n) is 7.81. The van der Waals surface area contributed by atoms with Crippen molar-refractivity contribution in [3.8, 4) is 0 Å². The van der Waals surface area contributed by atoms with Crippen molar-refractivity contribution in [1.29, 1.82) is 0 Å². The Balaban J connectivity index is 1.65. The molecule has 0 saturated carbocycles. The molecule has 0 radical (unpaired) electrons. The van der Waals surface area contributed by atoms with E-state index in [2.05, 4.69) is 72.5 Å². The fourth-order valence-corrected chi connectivity index (χ4v) is 3.25. The first kappa shape index (κ1) is 14.4. The summed E-state index contributed by atoms with van der Waals surface area (Å²) in [6, 6.07) is 13.4. The van der Waals surface area contributed by atoms with E-state index in [1.807, 2.05) is 0 Å². The van der Waals surface area contributed by atoms with Gasteiger partial charge in [0.25, 0.3) is 0 Å². The van der Waals surface area contributed by atoms with Crippen molar-refractivity contribution >= 4 is 0 Å². The van der Waals surface area contributed by atoms with Crippen molar-refractivity contribution in [3.05, 3.63) is 58.9 Å². The smallest absolute Gasteiger partial charge is 0.0360 e. The summed E-state index contributed by atoms with van der Waals surface area (Å²) in [4.78, 5) is 6.06. The summed E-state index contributed by atoms with van der Waals surface area (Å²) in [6.07, 6.45) is 0. The highest BCUT2D eigenvalue weighted by Gasteiger charge is 2.27. The van der Waals surface area contributed by atoms with Crippen LogP contribution in [0, 0.1) is 0 Å². The number of rotatable bonds is 4. The lowest BCUT2D eigenvalue weighted by atomic mass is 9.93. The van der Waals surface area contributed by atoms with Crippen LogP contribution in [0.4, 0.5) is 0 Å². The van der Waals surface area contributed by atoms with E-state index in [1.165, 1.54) is 22.5 Å². The number of aromatic nitrogens is 1. The van der Waals surface area contributed by atoms with Crippen molar-refractivity contribution in [2.24, 2.45) is 0 Å². The van der Waals surface area contributed by atoms with E-state index in [9.17, 15) is 0 Å². The topological polar surface area (TPSA) is 31.1 Å². The predicted octanol–water partition coefficient (Wildman–Crippen LogP) is 3.41. The SMILES string of the molecule is CC1CN(C)C(C)c2cc(CNCc3ccccc3)[nH]c21. The van der Waals surface area contributed by atoms with E-state index < -0.39 is 0 Å². The highest BCUT2D eigenvalue weighted by molar-refractivity contribution is 5.33. The van der Waals surface area contributed by atoms with Crippen LogP contribution in [0.5, 0.6) is 0 Å². The van der Waals surface area contributed by atoms with Crippen LogP contribution in [-0.4, -0.2) is 23.5 Å². The van der Waals surface area contributed by atoms with E-state index in [-0.39, 0.29) is 0 Å². The molecule has 2 atom stereocenters. The average molecular weight is 283 g/mol. The number of nitrogens with one attached hydrogen (secondary N) is 2. The van der Waals surface area contributed by atoms with Gasteiger partial charge in [-0.1, -0.05) is 37.3 Å². The van der Waals surface area contributed by atoms with Crippen LogP contribution in [0.2, 0.25) is 0 Å². The van der Waals surface area contributed by atoms with E-state index in [4.69, 9.17) is 0 Å². The molecule has 1 aliphatic heterocycles. The number of benzene rings is 1. The number of aromatic amines is 1. The van der Waals surface area contributed by atoms with Crippen LogP contribution in [0.25, 0.3) is 0 Å². The Morgan fingerprint density at radius 3 is 2.71 bits per heavy atom. The number of hydrogen-bond acceptors (Lipinski definition) is 2. The van der Waals surface area contributed by atoms with E-state index >= 15 is 0 Å². The second-order valence-electron chi connectivity index (χ2n) is 6.27. The highest BCUT2D eigenvalue weighted by atomic mass is 15.1. The summed E-state index contributed by atoms with van der Waals surface area (Å²) < 4.78 is 0. The third kappa shape index (κ3) is 3.04. The van der Waals surface area contributed by atoms with Crippen LogP contribution in [0.1, 0.15) is 48.3 Å². The fraction of sp³-hybridized carbons (Fsp3) is 0.444. The van der Waals surface area contributed by atoms with Crippen LogP contribution < -0.4 is 5.32 Å². The quantitative estimate of drug-likeness (QED) is 0.901. The van der Waals surface area contributed by atoms with Crippen molar-refractivity contribution in [2.45, 2.75) is 38.9 Å². The van der Waals surface area contributed by atoms with Crippen LogP contribution >= 0.6 is 0 Å². The largest absolute Gasteiger partial charge is 0.361 e. The van der Waals surface area contributed by atoms with Gasteiger partial charge in [0.1, 0.15) is 0 Å². The van der Waals surface area contributed by atoms with Crippen LogP contribution in [-0.2, 0) is 13.1 Å². The normalized spacial score (nSPS) is 22.2. The van der Waals surface area contributed by atoms with Crippen LogP contribution in [0.3, 0.4) is 0 Å². The van der Waals surface area contributed by atoms with Gasteiger partial charge in [-0.05, 0) is 31.2 Å². The number of nitrogens with zero attached hydrogens (tertiary/aromatic N) is 1. The molecule has 2 N–H and O–H groups in total. The predicted molar refractivity (Wildman–Crippen MR) is 87.2 cm³/mol. The molecular formula is C18H25N3. The second kappa shape index (κ2) is 6.04. The highest BCUT2D eigenvalue weighted by Crippen LogP contribution is 2.34. The maximum absolute atomic E-state index is 3.63. The Labute approximate surface area is 127 Å². The molecule has 2 aromatic rings. The maximum atomic E-state index is 3.63. The Bertz CT molecular complexity index is 588. The Hall–Kier alpha value is -1.58. The molecule has 1 aliphatic rings. The molecule has 1 aromatic heterocycles. The van der Waals surface area contributed by atoms with Gasteiger partial charge in [-0.3, -0.25) is 4.90 Å². The van der Waals surface area contributed by atoms with Gasteiger partial charge in [0.05, 0.1) is 0 Å². The molecule has 0 aliphatic carbocycles. The van der Waals surface area contributed by atoms with Gasteiger partial charge in [0.15, 0.2) is 0 Å². The van der Waals surface area contributed by atoms with Crippen molar-refractivity contribution in [3.63, 3.8) is 0 Å². The van der Waals surface area contributed by atoms with E-state index in [1.54, 1.807) is 0 Å². The molecule has 0 fully saturated rings. The summed E-state index contributed by atoms with van der Waals surface area (Å²) >= 11 is 0. The first-order valence-corrected chi connectivity index (χ1v) is 7.81. The maximum Gasteiger partial charge on any atom is 0.0360 e. The molecule has 0 saturated heterocycles. The van der Waals surface area contributed by atoms with Gasteiger partial charge < -0.3 is 10.3 Å². The minimum absolute atomic E-state index is 0.510. The molecule has 21 heavy (non-hydrogen) atoms. The molecule has 0 amide bonds. The molecule has 2 unspecified atom stereocenters. The lowest BCUT2D eigenvalue weighted by molar-refractivity contribution is 0.227. The van der Waals surface area contributed by atoms with Gasteiger partial charge in [-0.2, -0.15) is 0 Å². The van der Waals surface area contributed by atoms with Gasteiger partial charge >= 0.3 is 0 Å². The zero-order valence-electron chi connectivity index (χ0n) is 13.2. The second-order valence-corrected chi connectivity index (χ2v) is 6.27. The molecule has 2 heterocycles. The molecule has 1 aromatic carbocycles. The van der Waals surface area contributed by atoms with Crippen LogP contribution in [0.15, 0.2) is 36.4 Å². The summed E-state index contributed by atoms with van der Waals surface area (Å²) in [5.41, 5.74) is 5.52. The van der Waals surface area contributed by atoms with Gasteiger partial charge in [0, 0.05) is 43.0 Å². The summed E-state index contributed by atoms with van der Waals surface area (Å²) in [7, 11) is 2.21. The molecule has 0 spiro atoms. The standard InChI is InChI=1S/C18H25N3/c1-13-12-21(3)14(2)17-9-16(20-18(13)17)11-19-10-15-7-5-4-6-8-15/h4-9,13-14,19-20H,10-12H2,1-3H3. The third-order valence-electron chi connectivity index (χ3n) is 4.59. The molecule has 3 nitrogen and oxygen atoms in total. The number of H-pyrrole nitrogens is 1. The average Bonchev–Trinajstić information content (AvgIpc) is 2.91. The minimum Gasteiger partial charge on any atom is -0.361 e. The number of likely N-dealkylation sites (N-methyl/N-ethyl adjacent to an activating group) is 1. The molecular weight excluding hydrogens is 258 g/mol. The third-order valence-corrected chi connectivity index (χ3v) is 4.59. The van der Waals surface area contributed by atoms with Gasteiger partial charge in [-0.15, -0.1) is 0 Å². The lowest BCUT2D eigenvalue weighted by Crippen LogP contribution is -2.32. The minimum atomic E-state index is 0.510. The zero-order valence-corrected chi connectivity index (χ0v) is 13.2. The molecule has 3 rings (SSSR count). The lowest BCUT2D eigenvalue weighted by Gasteiger charge is -2.33. The summed E-state index contributed by atoms with van der Waals surface area (Å²) in [6.45, 7) is 7.53. The monoisotopic (exact) mass is 283 g/mol. The van der Waals surface area contributed by atoms with E-state index in [0.717, 1.165) is 19.6 Å².